The quantitative estimate of drug-likeness (QED) is 0.0368. The van der Waals surface area contributed by atoms with Gasteiger partial charge in [0.25, 0.3) is 0 Å². The van der Waals surface area contributed by atoms with E-state index in [4.69, 9.17) is 0 Å². The molecule has 3 unspecified atom stereocenters. The Morgan fingerprint density at radius 3 is 1.20 bits per heavy atom. The lowest BCUT2D eigenvalue weighted by Crippen LogP contribution is -2.49. The van der Waals surface area contributed by atoms with Crippen molar-refractivity contribution in [3.05, 3.63) is 24.3 Å². The van der Waals surface area contributed by atoms with Crippen molar-refractivity contribution in [2.45, 2.75) is 276 Å². The van der Waals surface area contributed by atoms with E-state index < -0.39 is 24.2 Å². The summed E-state index contributed by atoms with van der Waals surface area (Å²) in [4.78, 5) is 12.5. The molecule has 1 amide bonds. The van der Waals surface area contributed by atoms with Crippen LogP contribution in [0, 0.1) is 0 Å². The van der Waals surface area contributed by atoms with Crippen LogP contribution in [0.25, 0.3) is 0 Å². The van der Waals surface area contributed by atoms with Crippen LogP contribution in [-0.2, 0) is 4.79 Å². The molecule has 0 aromatic heterocycles. The summed E-state index contributed by atoms with van der Waals surface area (Å²) >= 11 is 0. The standard InChI is InChI=1S/C49H95NO4/c1-3-5-7-9-11-13-15-17-19-21-23-25-27-29-31-33-35-37-39-41-43-47(52)46(45-51)50-49(54)48(53)44-42-40-38-36-34-32-30-28-26-24-22-20-18-16-14-12-10-8-6-4-2/h6,8,12,14,46-48,51-53H,3-5,7,9-11,13,15-45H2,1-2H3,(H,50,54)/b8-6-,14-12-. The Hall–Kier alpha value is -1.17. The summed E-state index contributed by atoms with van der Waals surface area (Å²) in [5, 5.41) is 33.4. The fourth-order valence-electron chi connectivity index (χ4n) is 7.58. The van der Waals surface area contributed by atoms with E-state index in [-0.39, 0.29) is 6.61 Å². The van der Waals surface area contributed by atoms with E-state index in [1.165, 1.54) is 186 Å². The van der Waals surface area contributed by atoms with E-state index in [1.54, 1.807) is 0 Å². The van der Waals surface area contributed by atoms with Crippen LogP contribution >= 0.6 is 0 Å². The van der Waals surface area contributed by atoms with Crippen LogP contribution in [0.15, 0.2) is 24.3 Å². The Morgan fingerprint density at radius 1 is 0.463 bits per heavy atom. The predicted octanol–water partition coefficient (Wildman–Crippen LogP) is 14.2. The second-order valence-electron chi connectivity index (χ2n) is 16.6. The first-order valence-electron chi connectivity index (χ1n) is 24.1. The zero-order valence-electron chi connectivity index (χ0n) is 36.4. The van der Waals surface area contributed by atoms with Crippen molar-refractivity contribution < 1.29 is 20.1 Å². The molecule has 0 fully saturated rings. The van der Waals surface area contributed by atoms with Crippen molar-refractivity contribution >= 4 is 5.91 Å². The SMILES string of the molecule is CC/C=C\C/C=C\CCCCCCCCCCCCCCCC(O)C(=O)NC(CO)C(O)CCCCCCCCCCCCCCCCCCCCCC. The smallest absolute Gasteiger partial charge is 0.249 e. The molecule has 0 aromatic rings. The second kappa shape index (κ2) is 44.5. The summed E-state index contributed by atoms with van der Waals surface area (Å²) in [5.41, 5.74) is 0. The Labute approximate surface area is 337 Å². The predicted molar refractivity (Wildman–Crippen MR) is 236 cm³/mol. The number of allylic oxidation sites excluding steroid dienone is 4. The third-order valence-corrected chi connectivity index (χ3v) is 11.3. The first-order chi connectivity index (χ1) is 26.6. The minimum absolute atomic E-state index is 0.311. The largest absolute Gasteiger partial charge is 0.394 e. The maximum atomic E-state index is 12.5. The van der Waals surface area contributed by atoms with Crippen molar-refractivity contribution in [1.82, 2.24) is 5.32 Å². The molecule has 0 bridgehead atoms. The Bertz CT molecular complexity index is 799. The average Bonchev–Trinajstić information content (AvgIpc) is 3.18. The van der Waals surface area contributed by atoms with Gasteiger partial charge in [-0.2, -0.15) is 0 Å². The summed E-state index contributed by atoms with van der Waals surface area (Å²) in [6, 6.07) is -0.710. The van der Waals surface area contributed by atoms with Gasteiger partial charge >= 0.3 is 0 Å². The molecule has 0 aliphatic carbocycles. The van der Waals surface area contributed by atoms with Crippen LogP contribution in [0.5, 0.6) is 0 Å². The maximum absolute atomic E-state index is 12.5. The molecule has 5 nitrogen and oxygen atoms in total. The number of nitrogens with one attached hydrogen (secondary N) is 1. The first-order valence-corrected chi connectivity index (χ1v) is 24.1. The lowest BCUT2D eigenvalue weighted by Gasteiger charge is -2.23. The molecule has 0 aromatic carbocycles. The molecule has 0 rings (SSSR count). The van der Waals surface area contributed by atoms with Gasteiger partial charge in [-0.15, -0.1) is 0 Å². The van der Waals surface area contributed by atoms with E-state index in [1.807, 2.05) is 0 Å². The normalized spacial score (nSPS) is 13.6. The van der Waals surface area contributed by atoms with Gasteiger partial charge in [0, 0.05) is 0 Å². The minimum atomic E-state index is -1.07. The highest BCUT2D eigenvalue weighted by atomic mass is 16.3. The van der Waals surface area contributed by atoms with Crippen molar-refractivity contribution in [1.29, 1.82) is 0 Å². The molecule has 0 heterocycles. The first kappa shape index (κ1) is 52.8. The molecule has 0 radical (unpaired) electrons. The molecule has 0 aliphatic heterocycles. The van der Waals surface area contributed by atoms with Gasteiger partial charge in [-0.05, 0) is 38.5 Å². The number of aliphatic hydroxyl groups is 3. The Morgan fingerprint density at radius 2 is 0.815 bits per heavy atom. The highest BCUT2D eigenvalue weighted by Crippen LogP contribution is 2.17. The lowest BCUT2D eigenvalue weighted by atomic mass is 10.0. The van der Waals surface area contributed by atoms with Gasteiger partial charge in [-0.25, -0.2) is 0 Å². The van der Waals surface area contributed by atoms with Crippen LogP contribution in [-0.4, -0.2) is 46.1 Å². The number of aliphatic hydroxyl groups excluding tert-OH is 3. The lowest BCUT2D eigenvalue weighted by molar-refractivity contribution is -0.131. The summed E-state index contributed by atoms with van der Waals surface area (Å²) in [5.74, 6) is -0.469. The van der Waals surface area contributed by atoms with Gasteiger partial charge in [-0.3, -0.25) is 4.79 Å². The molecule has 54 heavy (non-hydrogen) atoms. The molecule has 3 atom stereocenters. The fourth-order valence-corrected chi connectivity index (χ4v) is 7.58. The van der Waals surface area contributed by atoms with Crippen molar-refractivity contribution in [3.63, 3.8) is 0 Å². The topological polar surface area (TPSA) is 89.8 Å². The van der Waals surface area contributed by atoms with E-state index in [2.05, 4.69) is 43.5 Å². The third kappa shape index (κ3) is 39.1. The van der Waals surface area contributed by atoms with Crippen molar-refractivity contribution in [3.8, 4) is 0 Å². The zero-order valence-corrected chi connectivity index (χ0v) is 36.4. The van der Waals surface area contributed by atoms with Crippen LogP contribution < -0.4 is 5.32 Å². The average molecular weight is 762 g/mol. The van der Waals surface area contributed by atoms with Crippen LogP contribution in [0.3, 0.4) is 0 Å². The third-order valence-electron chi connectivity index (χ3n) is 11.3. The van der Waals surface area contributed by atoms with Crippen molar-refractivity contribution in [2.24, 2.45) is 0 Å². The Balaban J connectivity index is 3.57. The molecule has 4 N–H and O–H groups in total. The van der Waals surface area contributed by atoms with E-state index in [9.17, 15) is 20.1 Å². The summed E-state index contributed by atoms with van der Waals surface area (Å²) in [6.45, 7) is 4.15. The number of rotatable bonds is 44. The van der Waals surface area contributed by atoms with E-state index in [0.29, 0.717) is 12.8 Å². The number of amides is 1. The highest BCUT2D eigenvalue weighted by molar-refractivity contribution is 5.80. The molecule has 320 valence electrons. The van der Waals surface area contributed by atoms with Crippen LogP contribution in [0.4, 0.5) is 0 Å². The van der Waals surface area contributed by atoms with Crippen LogP contribution in [0.1, 0.15) is 258 Å². The fraction of sp³-hybridized carbons (Fsp3) is 0.898. The van der Waals surface area contributed by atoms with Gasteiger partial charge in [0.05, 0.1) is 18.8 Å². The summed E-state index contributed by atoms with van der Waals surface area (Å²) in [6.07, 6.45) is 54.7. The second-order valence-corrected chi connectivity index (χ2v) is 16.6. The maximum Gasteiger partial charge on any atom is 0.249 e. The Kier molecular flexibility index (Phi) is 43.6. The molecular formula is C49H95NO4. The van der Waals surface area contributed by atoms with Crippen LogP contribution in [0.2, 0.25) is 0 Å². The van der Waals surface area contributed by atoms with Gasteiger partial charge < -0.3 is 20.6 Å². The van der Waals surface area contributed by atoms with Crippen molar-refractivity contribution in [2.75, 3.05) is 6.61 Å². The van der Waals surface area contributed by atoms with Gasteiger partial charge in [0.2, 0.25) is 5.91 Å². The van der Waals surface area contributed by atoms with E-state index in [0.717, 1.165) is 44.9 Å². The number of carbonyl (C=O) groups is 1. The summed E-state index contributed by atoms with van der Waals surface area (Å²) in [7, 11) is 0. The number of carbonyl (C=O) groups excluding carboxylic acids is 1. The molecule has 0 aliphatic rings. The van der Waals surface area contributed by atoms with Gasteiger partial charge in [-0.1, -0.05) is 244 Å². The monoisotopic (exact) mass is 762 g/mol. The molecule has 0 saturated carbocycles. The van der Waals surface area contributed by atoms with E-state index >= 15 is 0 Å². The molecule has 0 saturated heterocycles. The summed E-state index contributed by atoms with van der Waals surface area (Å²) < 4.78 is 0. The molecule has 0 spiro atoms. The number of hydrogen-bond acceptors (Lipinski definition) is 4. The molecular weight excluding hydrogens is 667 g/mol. The minimum Gasteiger partial charge on any atom is -0.394 e. The number of hydrogen-bond donors (Lipinski definition) is 4. The molecule has 5 heteroatoms. The highest BCUT2D eigenvalue weighted by Gasteiger charge is 2.23. The zero-order chi connectivity index (χ0) is 39.4. The van der Waals surface area contributed by atoms with Gasteiger partial charge in [0.15, 0.2) is 0 Å². The van der Waals surface area contributed by atoms with Gasteiger partial charge in [0.1, 0.15) is 6.10 Å². The number of unbranched alkanes of at least 4 members (excludes halogenated alkanes) is 32.